The fraction of sp³-hybridized carbons (Fsp3) is 0.571. The molecular weight excluding hydrogens is 356 g/mol. The van der Waals surface area contributed by atoms with Crippen molar-refractivity contribution >= 4 is 6.03 Å². The Hall–Kier alpha value is -2.57. The normalized spacial score (nSPS) is 24.2. The van der Waals surface area contributed by atoms with Crippen molar-refractivity contribution in [2.45, 2.75) is 58.1 Å². The number of aromatic nitrogens is 2. The van der Waals surface area contributed by atoms with Gasteiger partial charge in [-0.1, -0.05) is 26.0 Å². The second kappa shape index (κ2) is 7.11. The van der Waals surface area contributed by atoms with Gasteiger partial charge in [0.05, 0.1) is 6.54 Å². The predicted octanol–water partition coefficient (Wildman–Crippen LogP) is 3.60. The lowest BCUT2D eigenvalue weighted by Gasteiger charge is -2.38. The lowest BCUT2D eigenvalue weighted by atomic mass is 9.73. The number of fused-ring (bicyclic) bond motifs is 1. The third-order valence-electron chi connectivity index (χ3n) is 5.80. The molecule has 2 bridgehead atoms. The van der Waals surface area contributed by atoms with E-state index in [-0.39, 0.29) is 12.1 Å². The molecule has 2 aliphatic heterocycles. The molecule has 7 heteroatoms. The summed E-state index contributed by atoms with van der Waals surface area (Å²) in [5, 5.41) is 11.1. The van der Waals surface area contributed by atoms with Crippen LogP contribution in [0.15, 0.2) is 28.7 Å². The number of hydrogen-bond acceptors (Lipinski definition) is 5. The van der Waals surface area contributed by atoms with Gasteiger partial charge in [0.15, 0.2) is 0 Å². The maximum Gasteiger partial charge on any atom is 0.318 e. The number of amides is 2. The Balaban J connectivity index is 1.33. The van der Waals surface area contributed by atoms with Crippen molar-refractivity contribution in [3.63, 3.8) is 0 Å². The van der Waals surface area contributed by atoms with Crippen molar-refractivity contribution < 1.29 is 13.9 Å². The third kappa shape index (κ3) is 3.34. The average Bonchev–Trinajstić information content (AvgIpc) is 3.32. The number of ether oxygens (including phenoxy) is 1. The van der Waals surface area contributed by atoms with E-state index in [1.54, 1.807) is 6.92 Å². The van der Waals surface area contributed by atoms with Crippen molar-refractivity contribution in [1.82, 2.24) is 20.4 Å². The summed E-state index contributed by atoms with van der Waals surface area (Å²) in [5.74, 6) is 2.92. The first-order valence-electron chi connectivity index (χ1n) is 10.00. The van der Waals surface area contributed by atoms with E-state index in [1.165, 1.54) is 5.56 Å². The van der Waals surface area contributed by atoms with Gasteiger partial charge in [0, 0.05) is 13.5 Å². The molecule has 2 aromatic rings. The van der Waals surface area contributed by atoms with Crippen LogP contribution in [0.2, 0.25) is 0 Å². The van der Waals surface area contributed by atoms with Crippen LogP contribution in [0, 0.1) is 12.8 Å². The Bertz CT molecular complexity index is 840. The topological polar surface area (TPSA) is 80.5 Å². The number of hydrogen-bond donors (Lipinski definition) is 1. The van der Waals surface area contributed by atoms with Crippen molar-refractivity contribution in [1.29, 1.82) is 0 Å². The molecule has 1 aromatic heterocycles. The minimum absolute atomic E-state index is 0.0959. The maximum absolute atomic E-state index is 12.8. The van der Waals surface area contributed by atoms with Gasteiger partial charge < -0.3 is 19.4 Å². The van der Waals surface area contributed by atoms with Crippen LogP contribution in [0.25, 0.3) is 0 Å². The van der Waals surface area contributed by atoms with Gasteiger partial charge in [-0.15, -0.1) is 10.2 Å². The average molecular weight is 384 g/mol. The summed E-state index contributed by atoms with van der Waals surface area (Å²) >= 11 is 0. The number of nitrogens with zero attached hydrogens (tertiary/aromatic N) is 3. The Morgan fingerprint density at radius 1 is 1.29 bits per heavy atom. The van der Waals surface area contributed by atoms with Crippen LogP contribution in [0.3, 0.4) is 0 Å². The van der Waals surface area contributed by atoms with E-state index in [0.29, 0.717) is 30.2 Å². The molecule has 28 heavy (non-hydrogen) atoms. The SMILES string of the molecule is Cc1nnc(C23CC(CN2C(=O)NC[C@H](C)Oc2ccc(C(C)C)cc2)C3)o1. The third-order valence-corrected chi connectivity index (χ3v) is 5.80. The summed E-state index contributed by atoms with van der Waals surface area (Å²) in [6.07, 6.45) is 1.67. The summed E-state index contributed by atoms with van der Waals surface area (Å²) in [6, 6.07) is 8.03. The Morgan fingerprint density at radius 2 is 2.00 bits per heavy atom. The second-order valence-electron chi connectivity index (χ2n) is 8.38. The minimum atomic E-state index is -0.424. The summed E-state index contributed by atoms with van der Waals surface area (Å²) in [7, 11) is 0. The molecule has 150 valence electrons. The number of urea groups is 1. The van der Waals surface area contributed by atoms with Gasteiger partial charge in [0.1, 0.15) is 17.4 Å². The van der Waals surface area contributed by atoms with Gasteiger partial charge in [-0.2, -0.15) is 0 Å². The van der Waals surface area contributed by atoms with Gasteiger partial charge in [-0.05, 0) is 49.3 Å². The second-order valence-corrected chi connectivity index (χ2v) is 8.38. The molecule has 2 saturated heterocycles. The molecule has 1 aliphatic carbocycles. The molecule has 0 radical (unpaired) electrons. The Labute approximate surface area is 165 Å². The quantitative estimate of drug-likeness (QED) is 0.823. The molecule has 0 unspecified atom stereocenters. The standard InChI is InChI=1S/C21H28N4O3/c1-13(2)17-5-7-18(8-6-17)27-14(3)11-22-20(26)25-12-16-9-21(25,10-16)19-24-23-15(4)28-19/h5-8,13-14,16H,9-12H2,1-4H3,(H,22,26)/t14-,16?,21?/m0/s1. The fourth-order valence-electron chi connectivity index (χ4n) is 4.26. The number of nitrogens with one attached hydrogen (secondary N) is 1. The van der Waals surface area contributed by atoms with Crippen LogP contribution in [0.4, 0.5) is 4.79 Å². The van der Waals surface area contributed by atoms with Gasteiger partial charge >= 0.3 is 6.03 Å². The van der Waals surface area contributed by atoms with Crippen molar-refractivity contribution in [3.05, 3.63) is 41.6 Å². The van der Waals surface area contributed by atoms with Gasteiger partial charge in [-0.25, -0.2) is 4.79 Å². The first-order chi connectivity index (χ1) is 13.4. The van der Waals surface area contributed by atoms with Crippen molar-refractivity contribution in [2.75, 3.05) is 13.1 Å². The number of benzene rings is 1. The highest BCUT2D eigenvalue weighted by molar-refractivity contribution is 5.76. The predicted molar refractivity (Wildman–Crippen MR) is 104 cm³/mol. The monoisotopic (exact) mass is 384 g/mol. The zero-order valence-electron chi connectivity index (χ0n) is 16.9. The van der Waals surface area contributed by atoms with E-state index >= 15 is 0 Å². The molecular formula is C21H28N4O3. The molecule has 7 nitrogen and oxygen atoms in total. The van der Waals surface area contributed by atoms with E-state index in [4.69, 9.17) is 9.15 Å². The molecule has 1 saturated carbocycles. The summed E-state index contributed by atoms with van der Waals surface area (Å²) in [6.45, 7) is 9.23. The van der Waals surface area contributed by atoms with E-state index < -0.39 is 5.54 Å². The van der Waals surface area contributed by atoms with Crippen LogP contribution in [0.1, 0.15) is 56.9 Å². The van der Waals surface area contributed by atoms with Crippen molar-refractivity contribution in [3.8, 4) is 5.75 Å². The molecule has 1 atom stereocenters. The van der Waals surface area contributed by atoms with Crippen LogP contribution in [-0.2, 0) is 5.54 Å². The van der Waals surface area contributed by atoms with Gasteiger partial charge in [0.2, 0.25) is 11.8 Å². The molecule has 5 rings (SSSR count). The molecule has 3 aliphatic rings. The molecule has 1 aromatic carbocycles. The van der Waals surface area contributed by atoms with Crippen LogP contribution < -0.4 is 10.1 Å². The Morgan fingerprint density at radius 3 is 2.61 bits per heavy atom. The first-order valence-corrected chi connectivity index (χ1v) is 10.00. The van der Waals surface area contributed by atoms with E-state index in [2.05, 4.69) is 41.5 Å². The zero-order valence-corrected chi connectivity index (χ0v) is 16.9. The molecule has 3 heterocycles. The first kappa shape index (κ1) is 18.8. The minimum Gasteiger partial charge on any atom is -0.489 e. The van der Waals surface area contributed by atoms with Crippen LogP contribution >= 0.6 is 0 Å². The van der Waals surface area contributed by atoms with Gasteiger partial charge in [0.25, 0.3) is 0 Å². The summed E-state index contributed by atoms with van der Waals surface area (Å²) in [4.78, 5) is 14.7. The molecule has 3 fully saturated rings. The maximum atomic E-state index is 12.8. The number of carbonyl (C=O) groups excluding carboxylic acids is 1. The highest BCUT2D eigenvalue weighted by Crippen LogP contribution is 2.56. The van der Waals surface area contributed by atoms with E-state index in [9.17, 15) is 4.79 Å². The van der Waals surface area contributed by atoms with E-state index in [1.807, 2.05) is 24.0 Å². The Kier molecular flexibility index (Phi) is 4.77. The van der Waals surface area contributed by atoms with Gasteiger partial charge in [-0.3, -0.25) is 0 Å². The molecule has 1 N–H and O–H groups in total. The van der Waals surface area contributed by atoms with Crippen molar-refractivity contribution in [2.24, 2.45) is 5.92 Å². The van der Waals surface area contributed by atoms with Crippen LogP contribution in [-0.4, -0.2) is 40.3 Å². The molecule has 2 amide bonds. The number of aryl methyl sites for hydroxylation is 1. The highest BCUT2D eigenvalue weighted by Gasteiger charge is 2.62. The number of rotatable bonds is 6. The zero-order chi connectivity index (χ0) is 19.9. The highest BCUT2D eigenvalue weighted by atomic mass is 16.5. The van der Waals surface area contributed by atoms with E-state index in [0.717, 1.165) is 25.1 Å². The smallest absolute Gasteiger partial charge is 0.318 e. The summed E-state index contributed by atoms with van der Waals surface area (Å²) < 4.78 is 11.6. The lowest BCUT2D eigenvalue weighted by Crippen LogP contribution is -2.51. The fourth-order valence-corrected chi connectivity index (χ4v) is 4.26. The van der Waals surface area contributed by atoms with Crippen LogP contribution in [0.5, 0.6) is 5.75 Å². The number of carbonyl (C=O) groups is 1. The lowest BCUT2D eigenvalue weighted by molar-refractivity contribution is 0.0890. The summed E-state index contributed by atoms with van der Waals surface area (Å²) in [5.41, 5.74) is 0.857. The molecule has 0 spiro atoms. The largest absolute Gasteiger partial charge is 0.489 e.